The molecule has 5 heteroatoms. The number of aromatic nitrogens is 2. The Hall–Kier alpha value is -2.14. The van der Waals surface area contributed by atoms with E-state index in [-0.39, 0.29) is 0 Å². The van der Waals surface area contributed by atoms with Gasteiger partial charge in [-0.05, 0) is 52.1 Å². The minimum Gasteiger partial charge on any atom is -0.342 e. The summed E-state index contributed by atoms with van der Waals surface area (Å²) in [6.45, 7) is 8.41. The SMILES string of the molecule is CC(C)N1CCC(CC(=O)N2CCc3c(-c4ccccc4)nn(C)c3CC2)CC1. The van der Waals surface area contributed by atoms with Crippen LogP contribution in [0.15, 0.2) is 30.3 Å². The van der Waals surface area contributed by atoms with Gasteiger partial charge in [0.1, 0.15) is 0 Å². The van der Waals surface area contributed by atoms with Crippen molar-refractivity contribution in [3.63, 3.8) is 0 Å². The maximum Gasteiger partial charge on any atom is 0.222 e. The second-order valence-corrected chi connectivity index (χ2v) is 8.92. The topological polar surface area (TPSA) is 41.4 Å². The average Bonchev–Trinajstić information content (AvgIpc) is 2.90. The van der Waals surface area contributed by atoms with Crippen LogP contribution in [0.5, 0.6) is 0 Å². The average molecular weight is 395 g/mol. The van der Waals surface area contributed by atoms with Crippen LogP contribution in [0.25, 0.3) is 11.3 Å². The van der Waals surface area contributed by atoms with Gasteiger partial charge in [0.15, 0.2) is 0 Å². The number of hydrogen-bond acceptors (Lipinski definition) is 3. The summed E-state index contributed by atoms with van der Waals surface area (Å²) in [6, 6.07) is 11.0. The molecule has 1 saturated heterocycles. The molecule has 1 aromatic carbocycles. The van der Waals surface area contributed by atoms with Crippen molar-refractivity contribution in [2.75, 3.05) is 26.2 Å². The second kappa shape index (κ2) is 8.70. The molecule has 2 aliphatic rings. The summed E-state index contributed by atoms with van der Waals surface area (Å²) >= 11 is 0. The van der Waals surface area contributed by atoms with E-state index in [1.54, 1.807) is 0 Å². The van der Waals surface area contributed by atoms with Crippen LogP contribution in [0, 0.1) is 5.92 Å². The number of carbonyl (C=O) groups is 1. The molecule has 29 heavy (non-hydrogen) atoms. The van der Waals surface area contributed by atoms with E-state index in [1.165, 1.54) is 16.8 Å². The number of hydrogen-bond donors (Lipinski definition) is 0. The Morgan fingerprint density at radius 3 is 2.45 bits per heavy atom. The number of likely N-dealkylation sites (tertiary alicyclic amines) is 1. The van der Waals surface area contributed by atoms with E-state index in [2.05, 4.69) is 47.9 Å². The fraction of sp³-hybridized carbons (Fsp3) is 0.583. The molecule has 1 fully saturated rings. The van der Waals surface area contributed by atoms with Gasteiger partial charge in [-0.25, -0.2) is 0 Å². The number of fused-ring (bicyclic) bond motifs is 1. The summed E-state index contributed by atoms with van der Waals surface area (Å²) in [5.41, 5.74) is 4.85. The molecule has 0 aliphatic carbocycles. The van der Waals surface area contributed by atoms with Gasteiger partial charge < -0.3 is 9.80 Å². The van der Waals surface area contributed by atoms with Gasteiger partial charge in [-0.3, -0.25) is 9.48 Å². The lowest BCUT2D eigenvalue weighted by Gasteiger charge is -2.35. The number of carbonyl (C=O) groups excluding carboxylic acids is 1. The molecule has 1 aromatic heterocycles. The molecule has 4 rings (SSSR count). The first kappa shape index (κ1) is 20.1. The zero-order valence-electron chi connectivity index (χ0n) is 18.1. The van der Waals surface area contributed by atoms with Crippen molar-refractivity contribution in [2.45, 2.75) is 52.0 Å². The molecule has 156 valence electrons. The number of amides is 1. The zero-order valence-corrected chi connectivity index (χ0v) is 18.1. The Balaban J connectivity index is 1.39. The highest BCUT2D eigenvalue weighted by molar-refractivity contribution is 5.77. The third-order valence-electron chi connectivity index (χ3n) is 6.77. The van der Waals surface area contributed by atoms with Gasteiger partial charge in [0, 0.05) is 55.8 Å². The molecule has 0 atom stereocenters. The molecular weight excluding hydrogens is 360 g/mol. The van der Waals surface area contributed by atoms with Crippen LogP contribution in [0.2, 0.25) is 0 Å². The van der Waals surface area contributed by atoms with Crippen LogP contribution in [-0.2, 0) is 24.7 Å². The standard InChI is InChI=1S/C24H34N4O/c1-18(2)27-13-9-19(10-14-27)17-23(29)28-15-11-21-22(12-16-28)26(3)25-24(21)20-7-5-4-6-8-20/h4-8,18-19H,9-17H2,1-3H3. The highest BCUT2D eigenvalue weighted by Crippen LogP contribution is 2.29. The van der Waals surface area contributed by atoms with Crippen molar-refractivity contribution in [3.8, 4) is 11.3 Å². The monoisotopic (exact) mass is 394 g/mol. The number of rotatable bonds is 4. The van der Waals surface area contributed by atoms with Crippen LogP contribution >= 0.6 is 0 Å². The number of aryl methyl sites for hydroxylation is 1. The zero-order chi connectivity index (χ0) is 20.4. The third-order valence-corrected chi connectivity index (χ3v) is 6.77. The molecule has 5 nitrogen and oxygen atoms in total. The molecule has 1 amide bonds. The number of piperidine rings is 1. The van der Waals surface area contributed by atoms with Gasteiger partial charge in [-0.1, -0.05) is 30.3 Å². The van der Waals surface area contributed by atoms with E-state index < -0.39 is 0 Å². The summed E-state index contributed by atoms with van der Waals surface area (Å²) in [5.74, 6) is 0.889. The van der Waals surface area contributed by atoms with Gasteiger partial charge in [0.25, 0.3) is 0 Å². The van der Waals surface area contributed by atoms with Gasteiger partial charge in [0.05, 0.1) is 5.69 Å². The van der Waals surface area contributed by atoms with Crippen molar-refractivity contribution in [3.05, 3.63) is 41.6 Å². The van der Waals surface area contributed by atoms with Gasteiger partial charge in [-0.15, -0.1) is 0 Å². The molecule has 0 saturated carbocycles. The summed E-state index contributed by atoms with van der Waals surface area (Å²) in [6.07, 6.45) is 4.81. The Morgan fingerprint density at radius 2 is 1.76 bits per heavy atom. The summed E-state index contributed by atoms with van der Waals surface area (Å²) < 4.78 is 2.02. The lowest BCUT2D eigenvalue weighted by molar-refractivity contribution is -0.132. The third kappa shape index (κ3) is 4.40. The van der Waals surface area contributed by atoms with Crippen molar-refractivity contribution < 1.29 is 4.79 Å². The Bertz CT molecular complexity index is 834. The van der Waals surface area contributed by atoms with E-state index >= 15 is 0 Å². The van der Waals surface area contributed by atoms with E-state index in [0.29, 0.717) is 24.3 Å². The van der Waals surface area contributed by atoms with E-state index in [1.807, 2.05) is 17.8 Å². The van der Waals surface area contributed by atoms with Crippen LogP contribution in [0.1, 0.15) is 44.4 Å². The Morgan fingerprint density at radius 1 is 1.07 bits per heavy atom. The van der Waals surface area contributed by atoms with E-state index in [4.69, 9.17) is 5.10 Å². The molecule has 0 bridgehead atoms. The van der Waals surface area contributed by atoms with E-state index in [0.717, 1.165) is 57.6 Å². The van der Waals surface area contributed by atoms with Crippen molar-refractivity contribution >= 4 is 5.91 Å². The molecule has 2 aromatic rings. The molecule has 0 N–H and O–H groups in total. The molecule has 3 heterocycles. The number of benzene rings is 1. The van der Waals surface area contributed by atoms with Gasteiger partial charge in [-0.2, -0.15) is 5.10 Å². The van der Waals surface area contributed by atoms with Crippen LogP contribution in [0.3, 0.4) is 0 Å². The van der Waals surface area contributed by atoms with Crippen molar-refractivity contribution in [1.82, 2.24) is 19.6 Å². The second-order valence-electron chi connectivity index (χ2n) is 8.92. The molecule has 2 aliphatic heterocycles. The largest absolute Gasteiger partial charge is 0.342 e. The van der Waals surface area contributed by atoms with Crippen LogP contribution < -0.4 is 0 Å². The number of nitrogens with zero attached hydrogens (tertiary/aromatic N) is 4. The fourth-order valence-corrected chi connectivity index (χ4v) is 4.90. The first-order valence-corrected chi connectivity index (χ1v) is 11.1. The Kier molecular flexibility index (Phi) is 6.04. The minimum absolute atomic E-state index is 0.343. The smallest absolute Gasteiger partial charge is 0.222 e. The molecular formula is C24H34N4O. The van der Waals surface area contributed by atoms with Crippen LogP contribution in [0.4, 0.5) is 0 Å². The predicted octanol–water partition coefficient (Wildman–Crippen LogP) is 3.52. The lowest BCUT2D eigenvalue weighted by atomic mass is 9.92. The molecule has 0 radical (unpaired) electrons. The highest BCUT2D eigenvalue weighted by atomic mass is 16.2. The van der Waals surface area contributed by atoms with Crippen molar-refractivity contribution in [1.29, 1.82) is 0 Å². The van der Waals surface area contributed by atoms with E-state index in [9.17, 15) is 4.79 Å². The predicted molar refractivity (Wildman–Crippen MR) is 117 cm³/mol. The first-order chi connectivity index (χ1) is 14.0. The quantitative estimate of drug-likeness (QED) is 0.797. The highest BCUT2D eigenvalue weighted by Gasteiger charge is 2.27. The van der Waals surface area contributed by atoms with Gasteiger partial charge in [0.2, 0.25) is 5.91 Å². The normalized spacial score (nSPS) is 18.7. The first-order valence-electron chi connectivity index (χ1n) is 11.1. The lowest BCUT2D eigenvalue weighted by Crippen LogP contribution is -2.40. The van der Waals surface area contributed by atoms with Gasteiger partial charge >= 0.3 is 0 Å². The summed E-state index contributed by atoms with van der Waals surface area (Å²) in [4.78, 5) is 17.7. The summed E-state index contributed by atoms with van der Waals surface area (Å²) in [5, 5.41) is 4.80. The minimum atomic E-state index is 0.343. The Labute approximate surface area is 174 Å². The maximum atomic E-state index is 13.0. The fourth-order valence-electron chi connectivity index (χ4n) is 4.90. The molecule has 0 spiro atoms. The molecule has 0 unspecified atom stereocenters. The van der Waals surface area contributed by atoms with Crippen LogP contribution in [-0.4, -0.2) is 57.7 Å². The maximum absolute atomic E-state index is 13.0. The van der Waals surface area contributed by atoms with Crippen molar-refractivity contribution in [2.24, 2.45) is 13.0 Å². The summed E-state index contributed by atoms with van der Waals surface area (Å²) in [7, 11) is 2.03.